The number of nitro groups is 1. The van der Waals surface area contributed by atoms with Crippen LogP contribution in [0.4, 0.5) is 11.4 Å². The van der Waals surface area contributed by atoms with E-state index in [0.717, 1.165) is 6.07 Å². The molecule has 0 unspecified atom stereocenters. The molecule has 3 aromatic rings. The van der Waals surface area contributed by atoms with Crippen molar-refractivity contribution in [2.45, 2.75) is 0 Å². The molecule has 1 aromatic heterocycles. The quantitative estimate of drug-likeness (QED) is 0.433. The molecule has 0 saturated heterocycles. The minimum atomic E-state index is -0.799. The summed E-state index contributed by atoms with van der Waals surface area (Å²) in [6.07, 6.45) is 0. The Labute approximate surface area is 134 Å². The topological polar surface area (TPSA) is 123 Å². The molecule has 2 N–H and O–H groups in total. The number of phenols is 1. The van der Waals surface area contributed by atoms with Crippen LogP contribution in [0.15, 0.2) is 57.7 Å². The van der Waals surface area contributed by atoms with E-state index in [2.05, 4.69) is 5.32 Å². The van der Waals surface area contributed by atoms with Crippen molar-refractivity contribution in [3.05, 3.63) is 74.6 Å². The molecule has 2 aromatic carbocycles. The number of amides is 1. The SMILES string of the molecule is O=C(Nc1cc2ccc(O)cc2oc1=O)c1cccc([N+](=O)[O-])c1. The van der Waals surface area contributed by atoms with Gasteiger partial charge in [-0.15, -0.1) is 0 Å². The lowest BCUT2D eigenvalue weighted by atomic mass is 10.2. The van der Waals surface area contributed by atoms with E-state index < -0.39 is 16.5 Å². The van der Waals surface area contributed by atoms with Crippen LogP contribution in [0.5, 0.6) is 5.75 Å². The Hall–Kier alpha value is -3.68. The molecule has 24 heavy (non-hydrogen) atoms. The smallest absolute Gasteiger partial charge is 0.360 e. The van der Waals surface area contributed by atoms with Gasteiger partial charge >= 0.3 is 5.63 Å². The minimum Gasteiger partial charge on any atom is -0.508 e. The monoisotopic (exact) mass is 326 g/mol. The number of fused-ring (bicyclic) bond motifs is 1. The summed E-state index contributed by atoms with van der Waals surface area (Å²) in [6, 6.07) is 10.7. The number of carbonyl (C=O) groups excluding carboxylic acids is 1. The third kappa shape index (κ3) is 2.93. The minimum absolute atomic E-state index is 0.0365. The van der Waals surface area contributed by atoms with Crippen LogP contribution < -0.4 is 10.9 Å². The van der Waals surface area contributed by atoms with E-state index in [-0.39, 0.29) is 28.3 Å². The summed E-state index contributed by atoms with van der Waals surface area (Å²) in [5.41, 5.74) is -0.928. The molecule has 0 spiro atoms. The molecule has 8 nitrogen and oxygen atoms in total. The molecule has 120 valence electrons. The normalized spacial score (nSPS) is 10.5. The zero-order valence-electron chi connectivity index (χ0n) is 12.1. The molecular weight excluding hydrogens is 316 g/mol. The number of phenolic OH excluding ortho intramolecular Hbond substituents is 1. The molecule has 0 bridgehead atoms. The summed E-state index contributed by atoms with van der Waals surface area (Å²) in [6.45, 7) is 0. The number of rotatable bonds is 3. The first-order chi connectivity index (χ1) is 11.4. The van der Waals surface area contributed by atoms with Gasteiger partial charge in [-0.3, -0.25) is 14.9 Å². The van der Waals surface area contributed by atoms with Crippen LogP contribution in [0.1, 0.15) is 10.4 Å². The molecule has 1 heterocycles. The first-order valence-electron chi connectivity index (χ1n) is 6.77. The van der Waals surface area contributed by atoms with Gasteiger partial charge in [0.1, 0.15) is 17.0 Å². The summed E-state index contributed by atoms with van der Waals surface area (Å²) >= 11 is 0. The number of carbonyl (C=O) groups is 1. The highest BCUT2D eigenvalue weighted by Gasteiger charge is 2.14. The van der Waals surface area contributed by atoms with Crippen molar-refractivity contribution < 1.29 is 19.2 Å². The average Bonchev–Trinajstić information content (AvgIpc) is 2.55. The Balaban J connectivity index is 1.94. The second kappa shape index (κ2) is 5.84. The molecule has 0 aliphatic heterocycles. The molecule has 1 amide bonds. The molecule has 0 radical (unpaired) electrons. The maximum Gasteiger partial charge on any atom is 0.360 e. The van der Waals surface area contributed by atoms with E-state index in [0.29, 0.717) is 5.39 Å². The highest BCUT2D eigenvalue weighted by molar-refractivity contribution is 6.05. The summed E-state index contributed by atoms with van der Waals surface area (Å²) in [7, 11) is 0. The van der Waals surface area contributed by atoms with Gasteiger partial charge in [-0.2, -0.15) is 0 Å². The van der Waals surface area contributed by atoms with Crippen molar-refractivity contribution in [2.75, 3.05) is 5.32 Å². The largest absolute Gasteiger partial charge is 0.508 e. The van der Waals surface area contributed by atoms with Gasteiger partial charge in [0.15, 0.2) is 0 Å². The lowest BCUT2D eigenvalue weighted by Crippen LogP contribution is -2.17. The van der Waals surface area contributed by atoms with Crippen molar-refractivity contribution in [3.63, 3.8) is 0 Å². The number of nitrogens with zero attached hydrogens (tertiary/aromatic N) is 1. The van der Waals surface area contributed by atoms with Crippen LogP contribution in [0.25, 0.3) is 11.0 Å². The molecule has 0 aliphatic rings. The van der Waals surface area contributed by atoms with Gasteiger partial charge in [-0.1, -0.05) is 6.07 Å². The van der Waals surface area contributed by atoms with E-state index >= 15 is 0 Å². The van der Waals surface area contributed by atoms with Gasteiger partial charge in [0.2, 0.25) is 0 Å². The highest BCUT2D eigenvalue weighted by Crippen LogP contribution is 2.21. The van der Waals surface area contributed by atoms with Crippen LogP contribution in [0, 0.1) is 10.1 Å². The Bertz CT molecular complexity index is 1020. The number of hydrogen-bond donors (Lipinski definition) is 2. The third-order valence-corrected chi connectivity index (χ3v) is 3.29. The number of nitro benzene ring substituents is 1. The molecule has 8 heteroatoms. The van der Waals surface area contributed by atoms with E-state index in [9.17, 15) is 24.8 Å². The second-order valence-electron chi connectivity index (χ2n) is 4.93. The van der Waals surface area contributed by atoms with E-state index in [1.165, 1.54) is 42.5 Å². The standard InChI is InChI=1S/C16H10N2O6/c19-12-5-4-9-7-13(16(21)24-14(9)8-12)17-15(20)10-2-1-3-11(6-10)18(22)23/h1-8,19H,(H,17,20). The number of nitrogens with one attached hydrogen (secondary N) is 1. The van der Waals surface area contributed by atoms with Crippen molar-refractivity contribution in [3.8, 4) is 5.75 Å². The van der Waals surface area contributed by atoms with Gasteiger partial charge in [-0.25, -0.2) is 4.79 Å². The van der Waals surface area contributed by atoms with Crippen LogP contribution in [-0.2, 0) is 0 Å². The molecule has 0 saturated carbocycles. The van der Waals surface area contributed by atoms with Crippen LogP contribution >= 0.6 is 0 Å². The summed E-state index contributed by atoms with van der Waals surface area (Å²) in [5.74, 6) is -0.733. The fraction of sp³-hybridized carbons (Fsp3) is 0. The fourth-order valence-electron chi connectivity index (χ4n) is 2.14. The van der Waals surface area contributed by atoms with Gasteiger partial charge in [0, 0.05) is 29.1 Å². The Morgan fingerprint density at radius 3 is 2.71 bits per heavy atom. The van der Waals surface area contributed by atoms with Gasteiger partial charge in [-0.05, 0) is 24.3 Å². The van der Waals surface area contributed by atoms with Gasteiger partial charge in [0.25, 0.3) is 11.6 Å². The maximum absolute atomic E-state index is 12.2. The summed E-state index contributed by atoms with van der Waals surface area (Å²) in [4.78, 5) is 34.2. The molecule has 0 atom stereocenters. The van der Waals surface area contributed by atoms with Crippen LogP contribution in [0.3, 0.4) is 0 Å². The Morgan fingerprint density at radius 1 is 1.17 bits per heavy atom. The summed E-state index contributed by atoms with van der Waals surface area (Å²) < 4.78 is 5.03. The first-order valence-corrected chi connectivity index (χ1v) is 6.77. The van der Waals surface area contributed by atoms with Crippen LogP contribution in [0.2, 0.25) is 0 Å². The molecular formula is C16H10N2O6. The molecule has 0 fully saturated rings. The van der Waals surface area contributed by atoms with E-state index in [1.54, 1.807) is 0 Å². The Kier molecular flexibility index (Phi) is 3.70. The average molecular weight is 326 g/mol. The zero-order chi connectivity index (χ0) is 17.3. The van der Waals surface area contributed by atoms with Gasteiger partial charge < -0.3 is 14.8 Å². The van der Waals surface area contributed by atoms with Crippen molar-refractivity contribution in [1.82, 2.24) is 0 Å². The van der Waals surface area contributed by atoms with E-state index in [1.807, 2.05) is 0 Å². The van der Waals surface area contributed by atoms with E-state index in [4.69, 9.17) is 4.42 Å². The lowest BCUT2D eigenvalue weighted by Gasteiger charge is -2.05. The Morgan fingerprint density at radius 2 is 1.96 bits per heavy atom. The van der Waals surface area contributed by atoms with Crippen molar-refractivity contribution >= 4 is 28.3 Å². The zero-order valence-corrected chi connectivity index (χ0v) is 12.1. The summed E-state index contributed by atoms with van der Waals surface area (Å²) in [5, 5.41) is 23.0. The predicted octanol–water partition coefficient (Wildman–Crippen LogP) is 2.66. The molecule has 3 rings (SSSR count). The van der Waals surface area contributed by atoms with Gasteiger partial charge in [0.05, 0.1) is 4.92 Å². The number of aromatic hydroxyl groups is 1. The predicted molar refractivity (Wildman–Crippen MR) is 85.2 cm³/mol. The highest BCUT2D eigenvalue weighted by atomic mass is 16.6. The third-order valence-electron chi connectivity index (χ3n) is 3.29. The first kappa shape index (κ1) is 15.2. The maximum atomic E-state index is 12.2. The fourth-order valence-corrected chi connectivity index (χ4v) is 2.14. The number of benzene rings is 2. The van der Waals surface area contributed by atoms with Crippen molar-refractivity contribution in [1.29, 1.82) is 0 Å². The second-order valence-corrected chi connectivity index (χ2v) is 4.93. The van der Waals surface area contributed by atoms with Crippen molar-refractivity contribution in [2.24, 2.45) is 0 Å². The molecule has 0 aliphatic carbocycles. The number of non-ortho nitro benzene ring substituents is 1. The lowest BCUT2D eigenvalue weighted by molar-refractivity contribution is -0.384. The number of anilines is 1. The van der Waals surface area contributed by atoms with Crippen LogP contribution in [-0.4, -0.2) is 15.9 Å². The number of hydrogen-bond acceptors (Lipinski definition) is 6.